The fraction of sp³-hybridized carbons (Fsp3) is 0.889. The van der Waals surface area contributed by atoms with Gasteiger partial charge in [0.25, 0.3) is 0 Å². The summed E-state index contributed by atoms with van der Waals surface area (Å²) in [5.41, 5.74) is 0. The van der Waals surface area contributed by atoms with Crippen LogP contribution in [0.25, 0.3) is 0 Å². The zero-order valence-corrected chi connectivity index (χ0v) is 7.63. The van der Waals surface area contributed by atoms with Crippen molar-refractivity contribution in [2.24, 2.45) is 11.8 Å². The van der Waals surface area contributed by atoms with Gasteiger partial charge in [0, 0.05) is 6.42 Å². The van der Waals surface area contributed by atoms with Gasteiger partial charge in [0.05, 0.1) is 0 Å². The van der Waals surface area contributed by atoms with E-state index in [1.54, 1.807) is 0 Å². The number of aliphatic carboxylic acids is 1. The van der Waals surface area contributed by atoms with E-state index in [4.69, 9.17) is 5.11 Å². The van der Waals surface area contributed by atoms with E-state index in [1.807, 2.05) is 0 Å². The summed E-state index contributed by atoms with van der Waals surface area (Å²) in [6.45, 7) is 6.42. The smallest absolute Gasteiger partial charge is 0.303 e. The minimum atomic E-state index is -0.677. The van der Waals surface area contributed by atoms with Crippen LogP contribution in [0.15, 0.2) is 0 Å². The van der Waals surface area contributed by atoms with Crippen molar-refractivity contribution in [1.82, 2.24) is 0 Å². The monoisotopic (exact) mass is 158 g/mol. The molecular weight excluding hydrogens is 140 g/mol. The molecule has 1 atom stereocenters. The summed E-state index contributed by atoms with van der Waals surface area (Å²) in [6.07, 6.45) is 2.23. The van der Waals surface area contributed by atoms with Crippen molar-refractivity contribution >= 4 is 5.97 Å². The Morgan fingerprint density at radius 1 is 1.45 bits per heavy atom. The van der Waals surface area contributed by atoms with Crippen molar-refractivity contribution in [1.29, 1.82) is 0 Å². The summed E-state index contributed by atoms with van der Waals surface area (Å²) in [4.78, 5) is 10.2. The minimum Gasteiger partial charge on any atom is -0.481 e. The van der Waals surface area contributed by atoms with Crippen LogP contribution in [0.1, 0.15) is 40.0 Å². The number of hydrogen-bond acceptors (Lipinski definition) is 1. The quantitative estimate of drug-likeness (QED) is 0.667. The number of hydrogen-bond donors (Lipinski definition) is 1. The molecule has 1 N–H and O–H groups in total. The van der Waals surface area contributed by atoms with Crippen LogP contribution < -0.4 is 0 Å². The zero-order chi connectivity index (χ0) is 8.85. The molecule has 0 saturated heterocycles. The van der Waals surface area contributed by atoms with Crippen molar-refractivity contribution < 1.29 is 9.90 Å². The molecule has 0 saturated carbocycles. The largest absolute Gasteiger partial charge is 0.481 e. The number of carbonyl (C=O) groups is 1. The number of rotatable bonds is 5. The molecule has 0 bridgehead atoms. The van der Waals surface area contributed by atoms with E-state index in [2.05, 4.69) is 20.8 Å². The van der Waals surface area contributed by atoms with Crippen molar-refractivity contribution in [2.45, 2.75) is 40.0 Å². The topological polar surface area (TPSA) is 37.3 Å². The number of carboxylic acids is 1. The van der Waals surface area contributed by atoms with E-state index in [0.717, 1.165) is 12.8 Å². The zero-order valence-electron chi connectivity index (χ0n) is 7.63. The second-order valence-electron chi connectivity index (χ2n) is 3.34. The van der Waals surface area contributed by atoms with Crippen molar-refractivity contribution in [3.63, 3.8) is 0 Å². The molecule has 2 heteroatoms. The van der Waals surface area contributed by atoms with Gasteiger partial charge in [-0.1, -0.05) is 27.2 Å². The maximum absolute atomic E-state index is 10.2. The Balaban J connectivity index is 3.61. The van der Waals surface area contributed by atoms with E-state index < -0.39 is 5.97 Å². The van der Waals surface area contributed by atoms with Gasteiger partial charge >= 0.3 is 5.97 Å². The van der Waals surface area contributed by atoms with Gasteiger partial charge < -0.3 is 5.11 Å². The Morgan fingerprint density at radius 2 is 2.00 bits per heavy atom. The van der Waals surface area contributed by atoms with Gasteiger partial charge in [0.1, 0.15) is 0 Å². The standard InChI is InChI=1S/C9H18O2/c1-4-8(7(2)3)5-6-9(10)11/h7-8H,4-6H2,1-3H3,(H,10,11). The molecular formula is C9H18O2. The summed E-state index contributed by atoms with van der Waals surface area (Å²) in [6, 6.07) is 0. The van der Waals surface area contributed by atoms with Crippen molar-refractivity contribution in [3.8, 4) is 0 Å². The molecule has 2 nitrogen and oxygen atoms in total. The van der Waals surface area contributed by atoms with E-state index in [0.29, 0.717) is 18.3 Å². The molecule has 0 rings (SSSR count). The highest BCUT2D eigenvalue weighted by Gasteiger charge is 2.11. The Hall–Kier alpha value is -0.530. The van der Waals surface area contributed by atoms with Crippen LogP contribution in [0.5, 0.6) is 0 Å². The summed E-state index contributed by atoms with van der Waals surface area (Å²) in [7, 11) is 0. The van der Waals surface area contributed by atoms with E-state index >= 15 is 0 Å². The molecule has 0 spiro atoms. The molecule has 0 aliphatic heterocycles. The Kier molecular flexibility index (Phi) is 4.92. The van der Waals surface area contributed by atoms with E-state index in [1.165, 1.54) is 0 Å². The maximum Gasteiger partial charge on any atom is 0.303 e. The molecule has 0 aliphatic rings. The van der Waals surface area contributed by atoms with Crippen LogP contribution in [0.2, 0.25) is 0 Å². The maximum atomic E-state index is 10.2. The second-order valence-corrected chi connectivity index (χ2v) is 3.34. The van der Waals surface area contributed by atoms with Crippen LogP contribution in [0, 0.1) is 11.8 Å². The lowest BCUT2D eigenvalue weighted by Crippen LogP contribution is -2.09. The molecule has 0 aromatic rings. The average molecular weight is 158 g/mol. The SMILES string of the molecule is CCC(CCC(=O)O)C(C)C. The molecule has 1 unspecified atom stereocenters. The first-order valence-corrected chi connectivity index (χ1v) is 4.29. The van der Waals surface area contributed by atoms with Gasteiger partial charge in [-0.25, -0.2) is 0 Å². The predicted octanol–water partition coefficient (Wildman–Crippen LogP) is 2.53. The van der Waals surface area contributed by atoms with Crippen LogP contribution in [-0.2, 0) is 4.79 Å². The third-order valence-electron chi connectivity index (χ3n) is 2.20. The first kappa shape index (κ1) is 10.5. The Morgan fingerprint density at radius 3 is 2.27 bits per heavy atom. The molecule has 0 aromatic carbocycles. The first-order valence-electron chi connectivity index (χ1n) is 4.29. The lowest BCUT2D eigenvalue weighted by molar-refractivity contribution is -0.137. The third-order valence-corrected chi connectivity index (χ3v) is 2.20. The highest BCUT2D eigenvalue weighted by atomic mass is 16.4. The van der Waals surface area contributed by atoms with Gasteiger partial charge in [0.2, 0.25) is 0 Å². The normalized spacial score (nSPS) is 13.5. The van der Waals surface area contributed by atoms with Crippen LogP contribution in [-0.4, -0.2) is 11.1 Å². The van der Waals surface area contributed by atoms with Crippen LogP contribution in [0.3, 0.4) is 0 Å². The summed E-state index contributed by atoms with van der Waals surface area (Å²) in [5, 5.41) is 8.44. The molecule has 66 valence electrons. The number of carboxylic acid groups (broad SMARTS) is 1. The first-order chi connectivity index (χ1) is 5.07. The highest BCUT2D eigenvalue weighted by molar-refractivity contribution is 5.66. The fourth-order valence-electron chi connectivity index (χ4n) is 1.32. The summed E-state index contributed by atoms with van der Waals surface area (Å²) >= 11 is 0. The highest BCUT2D eigenvalue weighted by Crippen LogP contribution is 2.20. The van der Waals surface area contributed by atoms with Crippen molar-refractivity contribution in [3.05, 3.63) is 0 Å². The molecule has 0 fully saturated rings. The molecule has 0 heterocycles. The Bertz CT molecular complexity index is 119. The van der Waals surface area contributed by atoms with Gasteiger partial charge in [0.15, 0.2) is 0 Å². The fourth-order valence-corrected chi connectivity index (χ4v) is 1.32. The summed E-state index contributed by atoms with van der Waals surface area (Å²) < 4.78 is 0. The third kappa shape index (κ3) is 4.82. The second kappa shape index (κ2) is 5.16. The molecule has 0 aromatic heterocycles. The summed E-state index contributed by atoms with van der Waals surface area (Å²) in [5.74, 6) is 0.509. The Labute approximate surface area is 68.6 Å². The van der Waals surface area contributed by atoms with Gasteiger partial charge in [-0.05, 0) is 18.3 Å². The van der Waals surface area contributed by atoms with Crippen molar-refractivity contribution in [2.75, 3.05) is 0 Å². The molecule has 11 heavy (non-hydrogen) atoms. The molecule has 0 amide bonds. The van der Waals surface area contributed by atoms with E-state index in [9.17, 15) is 4.79 Å². The predicted molar refractivity (Wildman–Crippen MR) is 45.5 cm³/mol. The van der Waals surface area contributed by atoms with Crippen LogP contribution >= 0.6 is 0 Å². The van der Waals surface area contributed by atoms with Gasteiger partial charge in [-0.3, -0.25) is 4.79 Å². The lowest BCUT2D eigenvalue weighted by atomic mass is 9.89. The molecule has 0 aliphatic carbocycles. The van der Waals surface area contributed by atoms with Gasteiger partial charge in [-0.15, -0.1) is 0 Å². The van der Waals surface area contributed by atoms with Crippen LogP contribution in [0.4, 0.5) is 0 Å². The van der Waals surface area contributed by atoms with E-state index in [-0.39, 0.29) is 0 Å². The minimum absolute atomic E-state index is 0.316. The van der Waals surface area contributed by atoms with Gasteiger partial charge in [-0.2, -0.15) is 0 Å². The average Bonchev–Trinajstić information content (AvgIpc) is 1.87. The lowest BCUT2D eigenvalue weighted by Gasteiger charge is -2.17. The molecule has 0 radical (unpaired) electrons.